The highest BCUT2D eigenvalue weighted by Gasteiger charge is 2.09. The van der Waals surface area contributed by atoms with Crippen molar-refractivity contribution in [3.8, 4) is 0 Å². The summed E-state index contributed by atoms with van der Waals surface area (Å²) in [7, 11) is 1.69. The van der Waals surface area contributed by atoms with Gasteiger partial charge in [-0.15, -0.1) is 0 Å². The Kier molecular flexibility index (Phi) is 6.27. The van der Waals surface area contributed by atoms with Crippen LogP contribution in [0.15, 0.2) is 0 Å². The molecule has 0 aliphatic rings. The molecule has 0 aliphatic carbocycles. The molecule has 1 amide bonds. The summed E-state index contributed by atoms with van der Waals surface area (Å²) in [5.41, 5.74) is 0. The Hall–Kier alpha value is -1.63. The number of anilines is 2. The number of halogens is 1. The van der Waals surface area contributed by atoms with Gasteiger partial charge < -0.3 is 15.5 Å². The Morgan fingerprint density at radius 2 is 1.84 bits per heavy atom. The number of nitrogens with zero attached hydrogens (tertiary/aromatic N) is 4. The van der Waals surface area contributed by atoms with Gasteiger partial charge in [-0.1, -0.05) is 0 Å². The molecule has 8 heteroatoms. The SMILES string of the molecule is CCN(CC)C(=O)CCNc1nc(Cl)nc(NC)n1. The second-order valence-electron chi connectivity index (χ2n) is 3.74. The number of carbonyl (C=O) groups excluding carboxylic acids is 1. The molecule has 0 aliphatic heterocycles. The zero-order valence-corrected chi connectivity index (χ0v) is 12.2. The van der Waals surface area contributed by atoms with Crippen LogP contribution in [0.25, 0.3) is 0 Å². The monoisotopic (exact) mass is 286 g/mol. The van der Waals surface area contributed by atoms with Crippen molar-refractivity contribution in [2.24, 2.45) is 0 Å². The van der Waals surface area contributed by atoms with Crippen molar-refractivity contribution < 1.29 is 4.79 Å². The summed E-state index contributed by atoms with van der Waals surface area (Å²) in [5.74, 6) is 0.848. The smallest absolute Gasteiger partial charge is 0.228 e. The van der Waals surface area contributed by atoms with Gasteiger partial charge in [0.25, 0.3) is 0 Å². The first-order valence-corrected chi connectivity index (χ1v) is 6.59. The maximum atomic E-state index is 11.8. The first kappa shape index (κ1) is 15.4. The number of amides is 1. The lowest BCUT2D eigenvalue weighted by Crippen LogP contribution is -2.31. The quantitative estimate of drug-likeness (QED) is 0.785. The second kappa shape index (κ2) is 7.73. The van der Waals surface area contributed by atoms with Crippen LogP contribution < -0.4 is 10.6 Å². The number of hydrogen-bond acceptors (Lipinski definition) is 6. The minimum absolute atomic E-state index is 0.103. The molecule has 0 atom stereocenters. The van der Waals surface area contributed by atoms with Crippen molar-refractivity contribution >= 4 is 29.4 Å². The lowest BCUT2D eigenvalue weighted by Gasteiger charge is -2.18. The van der Waals surface area contributed by atoms with E-state index in [0.29, 0.717) is 24.9 Å². The molecule has 0 aromatic carbocycles. The predicted molar refractivity (Wildman–Crippen MR) is 75.4 cm³/mol. The number of aromatic nitrogens is 3. The highest BCUT2D eigenvalue weighted by atomic mass is 35.5. The minimum atomic E-state index is 0.103. The van der Waals surface area contributed by atoms with Gasteiger partial charge in [0, 0.05) is 33.1 Å². The fourth-order valence-corrected chi connectivity index (χ4v) is 1.72. The van der Waals surface area contributed by atoms with Gasteiger partial charge >= 0.3 is 0 Å². The molecule has 2 N–H and O–H groups in total. The molecule has 0 bridgehead atoms. The Morgan fingerprint density at radius 3 is 2.42 bits per heavy atom. The topological polar surface area (TPSA) is 83.0 Å². The summed E-state index contributed by atoms with van der Waals surface area (Å²) in [6.07, 6.45) is 0.389. The van der Waals surface area contributed by atoms with Crippen molar-refractivity contribution in [1.82, 2.24) is 19.9 Å². The Morgan fingerprint density at radius 1 is 1.21 bits per heavy atom. The van der Waals surface area contributed by atoms with E-state index in [1.54, 1.807) is 11.9 Å². The van der Waals surface area contributed by atoms with E-state index >= 15 is 0 Å². The zero-order chi connectivity index (χ0) is 14.3. The van der Waals surface area contributed by atoms with Gasteiger partial charge in [-0.25, -0.2) is 0 Å². The Bertz CT molecular complexity index is 424. The largest absolute Gasteiger partial charge is 0.357 e. The summed E-state index contributed by atoms with van der Waals surface area (Å²) in [6, 6.07) is 0. The predicted octanol–water partition coefficient (Wildman–Crippen LogP) is 1.24. The molecule has 1 heterocycles. The van der Waals surface area contributed by atoms with E-state index in [-0.39, 0.29) is 11.2 Å². The summed E-state index contributed by atoms with van der Waals surface area (Å²) in [6.45, 7) is 5.81. The maximum absolute atomic E-state index is 11.8. The molecule has 1 aromatic heterocycles. The Labute approximate surface area is 117 Å². The third-order valence-corrected chi connectivity index (χ3v) is 2.74. The van der Waals surface area contributed by atoms with Crippen LogP contribution in [-0.4, -0.2) is 52.4 Å². The van der Waals surface area contributed by atoms with Crippen LogP contribution in [0.2, 0.25) is 5.28 Å². The molecule has 106 valence electrons. The molecular weight excluding hydrogens is 268 g/mol. The highest BCUT2D eigenvalue weighted by Crippen LogP contribution is 2.08. The lowest BCUT2D eigenvalue weighted by molar-refractivity contribution is -0.130. The van der Waals surface area contributed by atoms with Gasteiger partial charge in [-0.2, -0.15) is 15.0 Å². The van der Waals surface area contributed by atoms with Crippen molar-refractivity contribution in [2.75, 3.05) is 37.3 Å². The summed E-state index contributed by atoms with van der Waals surface area (Å²) < 4.78 is 0. The number of carbonyl (C=O) groups is 1. The van der Waals surface area contributed by atoms with E-state index in [2.05, 4.69) is 25.6 Å². The third kappa shape index (κ3) is 4.86. The molecule has 1 rings (SSSR count). The standard InChI is InChI=1S/C11H19ClN6O/c1-4-18(5-2)8(19)6-7-14-11-16-9(12)15-10(13-3)17-11/h4-7H2,1-3H3,(H2,13,14,15,16,17). The number of rotatable bonds is 7. The molecule has 0 saturated heterocycles. The first-order chi connectivity index (χ1) is 9.10. The van der Waals surface area contributed by atoms with Gasteiger partial charge in [0.05, 0.1) is 0 Å². The molecular formula is C11H19ClN6O. The third-order valence-electron chi connectivity index (χ3n) is 2.57. The van der Waals surface area contributed by atoms with E-state index in [1.807, 2.05) is 13.8 Å². The van der Waals surface area contributed by atoms with Gasteiger partial charge in [0.15, 0.2) is 0 Å². The molecule has 0 spiro atoms. The average Bonchev–Trinajstić information content (AvgIpc) is 2.39. The normalized spacial score (nSPS) is 10.1. The van der Waals surface area contributed by atoms with Crippen LogP contribution in [-0.2, 0) is 4.79 Å². The first-order valence-electron chi connectivity index (χ1n) is 6.21. The van der Waals surface area contributed by atoms with E-state index in [9.17, 15) is 4.79 Å². The number of hydrogen-bond donors (Lipinski definition) is 2. The van der Waals surface area contributed by atoms with Crippen LogP contribution in [0.5, 0.6) is 0 Å². The van der Waals surface area contributed by atoms with Crippen LogP contribution in [0, 0.1) is 0 Å². The molecule has 19 heavy (non-hydrogen) atoms. The molecule has 0 unspecified atom stereocenters. The second-order valence-corrected chi connectivity index (χ2v) is 4.08. The van der Waals surface area contributed by atoms with Gasteiger partial charge in [-0.05, 0) is 25.4 Å². The maximum Gasteiger partial charge on any atom is 0.228 e. The average molecular weight is 287 g/mol. The van der Waals surface area contributed by atoms with Crippen LogP contribution in [0.3, 0.4) is 0 Å². The van der Waals surface area contributed by atoms with Gasteiger partial charge in [0.1, 0.15) is 0 Å². The summed E-state index contributed by atoms with van der Waals surface area (Å²) in [4.78, 5) is 25.4. The van der Waals surface area contributed by atoms with Crippen molar-refractivity contribution in [1.29, 1.82) is 0 Å². The molecule has 0 fully saturated rings. The van der Waals surface area contributed by atoms with Crippen molar-refractivity contribution in [3.63, 3.8) is 0 Å². The lowest BCUT2D eigenvalue weighted by atomic mass is 10.3. The summed E-state index contributed by atoms with van der Waals surface area (Å²) >= 11 is 5.75. The molecule has 0 saturated carbocycles. The van der Waals surface area contributed by atoms with E-state index in [4.69, 9.17) is 11.6 Å². The van der Waals surface area contributed by atoms with Crippen LogP contribution in [0.4, 0.5) is 11.9 Å². The summed E-state index contributed by atoms with van der Waals surface area (Å²) in [5, 5.41) is 5.85. The molecule has 7 nitrogen and oxygen atoms in total. The highest BCUT2D eigenvalue weighted by molar-refractivity contribution is 6.28. The minimum Gasteiger partial charge on any atom is -0.357 e. The van der Waals surface area contributed by atoms with E-state index < -0.39 is 0 Å². The van der Waals surface area contributed by atoms with Crippen LogP contribution in [0.1, 0.15) is 20.3 Å². The fraction of sp³-hybridized carbons (Fsp3) is 0.636. The Balaban J connectivity index is 2.49. The fourth-order valence-electron chi connectivity index (χ4n) is 1.56. The van der Waals surface area contributed by atoms with Gasteiger partial charge in [0.2, 0.25) is 23.1 Å². The number of nitrogens with one attached hydrogen (secondary N) is 2. The van der Waals surface area contributed by atoms with Crippen molar-refractivity contribution in [2.45, 2.75) is 20.3 Å². The van der Waals surface area contributed by atoms with Crippen LogP contribution >= 0.6 is 11.6 Å². The molecule has 0 radical (unpaired) electrons. The van der Waals surface area contributed by atoms with E-state index in [1.165, 1.54) is 0 Å². The molecule has 1 aromatic rings. The van der Waals surface area contributed by atoms with Gasteiger partial charge in [-0.3, -0.25) is 4.79 Å². The van der Waals surface area contributed by atoms with E-state index in [0.717, 1.165) is 13.1 Å². The van der Waals surface area contributed by atoms with Crippen molar-refractivity contribution in [3.05, 3.63) is 5.28 Å². The zero-order valence-electron chi connectivity index (χ0n) is 11.4.